The molecule has 1 aliphatic heterocycles. The third-order valence-electron chi connectivity index (χ3n) is 7.95. The standard InChI is InChI=1S/C33H52N8O3/c1-38(2)16-10-20-44-29-12-9-11-28(40(5)6)26(29)23-41-17-13-24(14-18-41)35-32-25-21-30(42-7)31(43-8)22-27(25)36-33(37-32)34-15-19-39(3)4/h9,11-12,21-22,24H,10,13-20,23H2,1-8H3,(H2,34,35,36,37). The Labute approximate surface area is 263 Å². The van der Waals surface area contributed by atoms with E-state index in [1.54, 1.807) is 14.2 Å². The highest BCUT2D eigenvalue weighted by atomic mass is 16.5. The van der Waals surface area contributed by atoms with Gasteiger partial charge in [0, 0.05) is 82.1 Å². The van der Waals surface area contributed by atoms with Crippen LogP contribution in [0.25, 0.3) is 10.9 Å². The van der Waals surface area contributed by atoms with Crippen LogP contribution in [0.15, 0.2) is 30.3 Å². The molecule has 4 rings (SSSR count). The lowest BCUT2D eigenvalue weighted by atomic mass is 10.0. The Bertz CT molecular complexity index is 1340. The van der Waals surface area contributed by atoms with Crippen LogP contribution < -0.4 is 29.7 Å². The van der Waals surface area contributed by atoms with Gasteiger partial charge in [0.25, 0.3) is 0 Å². The van der Waals surface area contributed by atoms with Crippen molar-refractivity contribution in [1.82, 2.24) is 24.7 Å². The molecule has 1 aliphatic rings. The molecule has 11 heteroatoms. The number of nitrogens with zero attached hydrogens (tertiary/aromatic N) is 6. The van der Waals surface area contributed by atoms with Crippen molar-refractivity contribution in [1.29, 1.82) is 0 Å². The number of hydrogen-bond acceptors (Lipinski definition) is 11. The number of nitrogens with one attached hydrogen (secondary N) is 2. The van der Waals surface area contributed by atoms with Crippen molar-refractivity contribution in [3.05, 3.63) is 35.9 Å². The molecule has 1 aromatic heterocycles. The van der Waals surface area contributed by atoms with Gasteiger partial charge in [-0.25, -0.2) is 4.98 Å². The molecule has 0 amide bonds. The van der Waals surface area contributed by atoms with E-state index >= 15 is 0 Å². The van der Waals surface area contributed by atoms with Crippen LogP contribution in [0.4, 0.5) is 17.5 Å². The van der Waals surface area contributed by atoms with E-state index in [9.17, 15) is 0 Å². The number of methoxy groups -OCH3 is 2. The maximum absolute atomic E-state index is 6.31. The smallest absolute Gasteiger partial charge is 0.225 e. The van der Waals surface area contributed by atoms with Crippen molar-refractivity contribution in [3.63, 3.8) is 0 Å². The highest BCUT2D eigenvalue weighted by Gasteiger charge is 2.24. The lowest BCUT2D eigenvalue weighted by Gasteiger charge is -2.34. The van der Waals surface area contributed by atoms with Gasteiger partial charge in [-0.2, -0.15) is 4.98 Å². The fourth-order valence-electron chi connectivity index (χ4n) is 5.52. The van der Waals surface area contributed by atoms with E-state index in [0.29, 0.717) is 24.1 Å². The summed E-state index contributed by atoms with van der Waals surface area (Å²) in [4.78, 5) is 18.7. The highest BCUT2D eigenvalue weighted by Crippen LogP contribution is 2.36. The van der Waals surface area contributed by atoms with E-state index in [4.69, 9.17) is 24.2 Å². The third kappa shape index (κ3) is 8.99. The lowest BCUT2D eigenvalue weighted by Crippen LogP contribution is -2.39. The summed E-state index contributed by atoms with van der Waals surface area (Å²) in [6.07, 6.45) is 3.01. The van der Waals surface area contributed by atoms with Crippen LogP contribution >= 0.6 is 0 Å². The van der Waals surface area contributed by atoms with Crippen molar-refractivity contribution in [2.45, 2.75) is 31.8 Å². The molecule has 44 heavy (non-hydrogen) atoms. The molecule has 0 unspecified atom stereocenters. The predicted octanol–water partition coefficient (Wildman–Crippen LogP) is 4.09. The molecule has 242 valence electrons. The lowest BCUT2D eigenvalue weighted by molar-refractivity contribution is 0.206. The van der Waals surface area contributed by atoms with Crippen LogP contribution in [0.3, 0.4) is 0 Å². The van der Waals surface area contributed by atoms with E-state index in [1.165, 1.54) is 11.3 Å². The van der Waals surface area contributed by atoms with E-state index in [1.807, 2.05) is 12.1 Å². The van der Waals surface area contributed by atoms with Crippen molar-refractivity contribution in [3.8, 4) is 17.2 Å². The van der Waals surface area contributed by atoms with Crippen molar-refractivity contribution >= 4 is 28.4 Å². The molecule has 0 aliphatic carbocycles. The first-order valence-electron chi connectivity index (χ1n) is 15.6. The second kappa shape index (κ2) is 16.0. The normalized spacial score (nSPS) is 14.3. The molecular weight excluding hydrogens is 556 g/mol. The number of ether oxygens (including phenoxy) is 3. The second-order valence-electron chi connectivity index (χ2n) is 12.2. The largest absolute Gasteiger partial charge is 0.493 e. The van der Waals surface area contributed by atoms with Crippen molar-refractivity contribution in [2.75, 3.05) is 111 Å². The quantitative estimate of drug-likeness (QED) is 0.231. The summed E-state index contributed by atoms with van der Waals surface area (Å²) >= 11 is 0. The molecule has 0 radical (unpaired) electrons. The fourth-order valence-corrected chi connectivity index (χ4v) is 5.52. The van der Waals surface area contributed by atoms with Gasteiger partial charge in [-0.1, -0.05) is 6.07 Å². The summed E-state index contributed by atoms with van der Waals surface area (Å²) in [5.41, 5.74) is 3.27. The maximum Gasteiger partial charge on any atom is 0.225 e. The minimum absolute atomic E-state index is 0.290. The molecule has 0 saturated carbocycles. The number of piperidine rings is 1. The van der Waals surface area contributed by atoms with E-state index < -0.39 is 0 Å². The van der Waals surface area contributed by atoms with Gasteiger partial charge >= 0.3 is 0 Å². The number of likely N-dealkylation sites (N-methyl/N-ethyl adjacent to an activating group) is 1. The van der Waals surface area contributed by atoms with Crippen molar-refractivity contribution in [2.24, 2.45) is 0 Å². The monoisotopic (exact) mass is 608 g/mol. The molecule has 11 nitrogen and oxygen atoms in total. The van der Waals surface area contributed by atoms with E-state index in [0.717, 1.165) is 81.0 Å². The Hall–Kier alpha value is -3.54. The zero-order valence-corrected chi connectivity index (χ0v) is 27.9. The first kappa shape index (κ1) is 33.4. The molecule has 1 saturated heterocycles. The van der Waals surface area contributed by atoms with Gasteiger partial charge in [0.1, 0.15) is 11.6 Å². The van der Waals surface area contributed by atoms with Crippen LogP contribution in [0.1, 0.15) is 24.8 Å². The summed E-state index contributed by atoms with van der Waals surface area (Å²) < 4.78 is 17.5. The molecule has 0 spiro atoms. The topological polar surface area (TPSA) is 90.5 Å². The Morgan fingerprint density at radius 1 is 0.886 bits per heavy atom. The number of benzene rings is 2. The van der Waals surface area contributed by atoms with Crippen LogP contribution in [0.5, 0.6) is 17.2 Å². The molecule has 2 aromatic carbocycles. The van der Waals surface area contributed by atoms with Gasteiger partial charge in [-0.05, 0) is 65.7 Å². The van der Waals surface area contributed by atoms with Crippen LogP contribution in [-0.4, -0.2) is 127 Å². The number of hydrogen-bond donors (Lipinski definition) is 2. The van der Waals surface area contributed by atoms with Gasteiger partial charge in [-0.3, -0.25) is 4.90 Å². The van der Waals surface area contributed by atoms with Crippen LogP contribution in [-0.2, 0) is 6.54 Å². The van der Waals surface area contributed by atoms with Gasteiger partial charge < -0.3 is 39.5 Å². The summed E-state index contributed by atoms with van der Waals surface area (Å²) in [6, 6.07) is 10.6. The number of anilines is 3. The van der Waals surface area contributed by atoms with Gasteiger partial charge in [-0.15, -0.1) is 0 Å². The second-order valence-corrected chi connectivity index (χ2v) is 12.2. The third-order valence-corrected chi connectivity index (χ3v) is 7.95. The molecule has 2 heterocycles. The first-order valence-corrected chi connectivity index (χ1v) is 15.6. The minimum Gasteiger partial charge on any atom is -0.493 e. The van der Waals surface area contributed by atoms with E-state index in [-0.39, 0.29) is 6.04 Å². The minimum atomic E-state index is 0.290. The summed E-state index contributed by atoms with van der Waals surface area (Å²) in [7, 11) is 15.8. The highest BCUT2D eigenvalue weighted by molar-refractivity contribution is 5.92. The number of likely N-dealkylation sites (tertiary alicyclic amines) is 1. The average Bonchev–Trinajstić information content (AvgIpc) is 2.99. The Kier molecular flexibility index (Phi) is 12.1. The predicted molar refractivity (Wildman–Crippen MR) is 181 cm³/mol. The fraction of sp³-hybridized carbons (Fsp3) is 0.576. The summed E-state index contributed by atoms with van der Waals surface area (Å²) in [5.74, 6) is 3.71. The zero-order chi connectivity index (χ0) is 31.6. The molecule has 0 bridgehead atoms. The Balaban J connectivity index is 1.47. The Morgan fingerprint density at radius 3 is 2.25 bits per heavy atom. The van der Waals surface area contributed by atoms with Gasteiger partial charge in [0.2, 0.25) is 5.95 Å². The molecule has 2 N–H and O–H groups in total. The number of aromatic nitrogens is 2. The average molecular weight is 609 g/mol. The van der Waals surface area contributed by atoms with Crippen LogP contribution in [0.2, 0.25) is 0 Å². The zero-order valence-electron chi connectivity index (χ0n) is 27.9. The summed E-state index contributed by atoms with van der Waals surface area (Å²) in [6.45, 7) is 6.18. The van der Waals surface area contributed by atoms with Crippen LogP contribution in [0, 0.1) is 0 Å². The maximum atomic E-state index is 6.31. The van der Waals surface area contributed by atoms with E-state index in [2.05, 4.69) is 90.7 Å². The number of fused-ring (bicyclic) bond motifs is 1. The molecular formula is C33H52N8O3. The number of rotatable bonds is 16. The molecule has 1 fully saturated rings. The summed E-state index contributed by atoms with van der Waals surface area (Å²) in [5, 5.41) is 8.06. The first-order chi connectivity index (χ1) is 21.2. The SMILES string of the molecule is COc1cc2nc(NCCN(C)C)nc(NC3CCN(Cc4c(OCCCN(C)C)cccc4N(C)C)CC3)c2cc1OC. The van der Waals surface area contributed by atoms with Gasteiger partial charge in [0.05, 0.1) is 26.3 Å². The Morgan fingerprint density at radius 2 is 1.59 bits per heavy atom. The van der Waals surface area contributed by atoms with Gasteiger partial charge in [0.15, 0.2) is 11.5 Å². The molecule has 3 aromatic rings. The molecule has 0 atom stereocenters. The van der Waals surface area contributed by atoms with Crippen molar-refractivity contribution < 1.29 is 14.2 Å².